The predicted octanol–water partition coefficient (Wildman–Crippen LogP) is 1.55. The molecule has 28 heavy (non-hydrogen) atoms. The summed E-state index contributed by atoms with van der Waals surface area (Å²) in [5.41, 5.74) is 0.946. The molecule has 1 fully saturated rings. The van der Waals surface area contributed by atoms with Crippen molar-refractivity contribution in [3.8, 4) is 0 Å². The molecule has 9 nitrogen and oxygen atoms in total. The Bertz CT molecular complexity index is 952. The summed E-state index contributed by atoms with van der Waals surface area (Å²) in [6, 6.07) is 11.6. The van der Waals surface area contributed by atoms with Crippen LogP contribution >= 0.6 is 0 Å². The van der Waals surface area contributed by atoms with Gasteiger partial charge in [-0.25, -0.2) is 8.42 Å². The molecule has 0 atom stereocenters. The highest BCUT2D eigenvalue weighted by Crippen LogP contribution is 2.18. The number of rotatable bonds is 6. The van der Waals surface area contributed by atoms with Crippen molar-refractivity contribution in [2.24, 2.45) is 0 Å². The third-order valence-electron chi connectivity index (χ3n) is 4.32. The van der Waals surface area contributed by atoms with E-state index in [-0.39, 0.29) is 23.0 Å². The van der Waals surface area contributed by atoms with Gasteiger partial charge in [-0.2, -0.15) is 4.31 Å². The normalized spacial score (nSPS) is 15.1. The van der Waals surface area contributed by atoms with Gasteiger partial charge in [0, 0.05) is 37.3 Å². The van der Waals surface area contributed by atoms with Gasteiger partial charge in [0.2, 0.25) is 10.0 Å². The Morgan fingerprint density at radius 1 is 1.07 bits per heavy atom. The minimum absolute atomic E-state index is 0.0892. The van der Waals surface area contributed by atoms with E-state index in [2.05, 4.69) is 5.32 Å². The van der Waals surface area contributed by atoms with Gasteiger partial charge in [-0.05, 0) is 29.8 Å². The van der Waals surface area contributed by atoms with Crippen LogP contribution < -0.4 is 5.32 Å². The van der Waals surface area contributed by atoms with Crippen LogP contribution in [-0.2, 0) is 21.3 Å². The Labute approximate surface area is 162 Å². The van der Waals surface area contributed by atoms with Crippen molar-refractivity contribution in [3.63, 3.8) is 0 Å². The van der Waals surface area contributed by atoms with Gasteiger partial charge >= 0.3 is 0 Å². The lowest BCUT2D eigenvalue weighted by Gasteiger charge is -2.26. The van der Waals surface area contributed by atoms with E-state index in [1.165, 1.54) is 40.7 Å². The van der Waals surface area contributed by atoms with E-state index in [0.717, 1.165) is 5.56 Å². The summed E-state index contributed by atoms with van der Waals surface area (Å²) in [5.74, 6) is -0.375. The summed E-state index contributed by atoms with van der Waals surface area (Å²) in [6.45, 7) is 1.62. The average Bonchev–Trinajstić information content (AvgIpc) is 2.73. The maximum Gasteiger partial charge on any atom is 0.269 e. The highest BCUT2D eigenvalue weighted by Gasteiger charge is 2.26. The number of sulfonamides is 1. The fourth-order valence-corrected chi connectivity index (χ4v) is 4.14. The molecule has 0 bridgehead atoms. The second-order valence-corrected chi connectivity index (χ2v) is 8.09. The number of ether oxygens (including phenoxy) is 1. The minimum Gasteiger partial charge on any atom is -0.379 e. The first kappa shape index (κ1) is 19.9. The molecule has 0 unspecified atom stereocenters. The van der Waals surface area contributed by atoms with Crippen molar-refractivity contribution < 1.29 is 22.9 Å². The molecular formula is C18H19N3O6S. The largest absolute Gasteiger partial charge is 0.379 e. The van der Waals surface area contributed by atoms with Crippen molar-refractivity contribution >= 4 is 21.6 Å². The molecule has 1 aliphatic rings. The van der Waals surface area contributed by atoms with E-state index in [1.54, 1.807) is 12.1 Å². The molecule has 0 aliphatic carbocycles. The van der Waals surface area contributed by atoms with Crippen LogP contribution in [0.15, 0.2) is 53.4 Å². The first-order valence-corrected chi connectivity index (χ1v) is 10.0. The number of morpholine rings is 1. The van der Waals surface area contributed by atoms with Crippen molar-refractivity contribution in [2.75, 3.05) is 26.3 Å². The van der Waals surface area contributed by atoms with Gasteiger partial charge in [0.25, 0.3) is 11.6 Å². The SMILES string of the molecule is O=C(NCc1ccc(S(=O)(=O)N2CCOCC2)cc1)c1ccc([N+](=O)[O-])cc1. The number of benzene rings is 2. The first-order valence-electron chi connectivity index (χ1n) is 8.57. The van der Waals surface area contributed by atoms with Gasteiger partial charge in [0.15, 0.2) is 0 Å². The number of hydrogen-bond acceptors (Lipinski definition) is 6. The number of nitro groups is 1. The predicted molar refractivity (Wildman–Crippen MR) is 100 cm³/mol. The Morgan fingerprint density at radius 3 is 2.25 bits per heavy atom. The molecule has 2 aromatic carbocycles. The molecule has 1 amide bonds. The van der Waals surface area contributed by atoms with Gasteiger partial charge in [0.1, 0.15) is 0 Å². The molecule has 1 saturated heterocycles. The number of nitrogens with one attached hydrogen (secondary N) is 1. The molecule has 1 N–H and O–H groups in total. The van der Waals surface area contributed by atoms with E-state index in [0.29, 0.717) is 31.9 Å². The monoisotopic (exact) mass is 405 g/mol. The molecule has 1 heterocycles. The molecule has 2 aromatic rings. The molecular weight excluding hydrogens is 386 g/mol. The first-order chi connectivity index (χ1) is 13.4. The number of amides is 1. The van der Waals surface area contributed by atoms with E-state index in [1.807, 2.05) is 0 Å². The van der Waals surface area contributed by atoms with Crippen LogP contribution in [0, 0.1) is 10.1 Å². The Balaban J connectivity index is 1.61. The molecule has 10 heteroatoms. The van der Waals surface area contributed by atoms with Gasteiger partial charge in [-0.15, -0.1) is 0 Å². The molecule has 148 valence electrons. The lowest BCUT2D eigenvalue weighted by molar-refractivity contribution is -0.384. The number of non-ortho nitro benzene ring substituents is 1. The molecule has 3 rings (SSSR count). The molecule has 1 aliphatic heterocycles. The Kier molecular flexibility index (Phi) is 6.02. The number of carbonyl (C=O) groups excluding carboxylic acids is 1. The third-order valence-corrected chi connectivity index (χ3v) is 6.24. The molecule has 0 spiro atoms. The Morgan fingerprint density at radius 2 is 1.68 bits per heavy atom. The van der Waals surface area contributed by atoms with Crippen LogP contribution in [0.4, 0.5) is 5.69 Å². The van der Waals surface area contributed by atoms with Gasteiger partial charge in [0.05, 0.1) is 23.0 Å². The standard InChI is InChI=1S/C18H19N3O6S/c22-18(15-3-5-16(6-4-15)21(23)24)19-13-14-1-7-17(8-2-14)28(25,26)20-9-11-27-12-10-20/h1-8H,9-13H2,(H,19,22). The summed E-state index contributed by atoms with van der Waals surface area (Å²) in [5, 5.41) is 13.3. The quantitative estimate of drug-likeness (QED) is 0.575. The van der Waals surface area contributed by atoms with E-state index < -0.39 is 14.9 Å². The summed E-state index contributed by atoms with van der Waals surface area (Å²) in [4.78, 5) is 22.4. The van der Waals surface area contributed by atoms with Crippen LogP contribution in [0.2, 0.25) is 0 Å². The maximum atomic E-state index is 12.6. The van der Waals surface area contributed by atoms with Crippen LogP contribution in [-0.4, -0.2) is 49.9 Å². The van der Waals surface area contributed by atoms with Crippen molar-refractivity contribution in [3.05, 3.63) is 69.8 Å². The highest BCUT2D eigenvalue weighted by molar-refractivity contribution is 7.89. The van der Waals surface area contributed by atoms with Crippen molar-refractivity contribution in [1.82, 2.24) is 9.62 Å². The fraction of sp³-hybridized carbons (Fsp3) is 0.278. The van der Waals surface area contributed by atoms with E-state index in [4.69, 9.17) is 4.74 Å². The van der Waals surface area contributed by atoms with Crippen LogP contribution in [0.5, 0.6) is 0 Å². The number of nitrogens with zero attached hydrogens (tertiary/aromatic N) is 2. The highest BCUT2D eigenvalue weighted by atomic mass is 32.2. The average molecular weight is 405 g/mol. The number of nitro benzene ring substituents is 1. The van der Waals surface area contributed by atoms with E-state index >= 15 is 0 Å². The second kappa shape index (κ2) is 8.46. The zero-order valence-corrected chi connectivity index (χ0v) is 15.7. The minimum atomic E-state index is -3.55. The lowest BCUT2D eigenvalue weighted by atomic mass is 10.2. The zero-order valence-electron chi connectivity index (χ0n) is 14.9. The van der Waals surface area contributed by atoms with Crippen LogP contribution in [0.1, 0.15) is 15.9 Å². The van der Waals surface area contributed by atoms with Crippen molar-refractivity contribution in [2.45, 2.75) is 11.4 Å². The van der Waals surface area contributed by atoms with Gasteiger partial charge in [-0.1, -0.05) is 12.1 Å². The number of carbonyl (C=O) groups is 1. The summed E-state index contributed by atoms with van der Waals surface area (Å²) >= 11 is 0. The summed E-state index contributed by atoms with van der Waals surface area (Å²) in [6.07, 6.45) is 0. The fourth-order valence-electron chi connectivity index (χ4n) is 2.73. The van der Waals surface area contributed by atoms with Crippen LogP contribution in [0.25, 0.3) is 0 Å². The van der Waals surface area contributed by atoms with Gasteiger partial charge < -0.3 is 10.1 Å². The number of hydrogen-bond donors (Lipinski definition) is 1. The smallest absolute Gasteiger partial charge is 0.269 e. The van der Waals surface area contributed by atoms with Crippen LogP contribution in [0.3, 0.4) is 0 Å². The summed E-state index contributed by atoms with van der Waals surface area (Å²) < 4.78 is 31.7. The van der Waals surface area contributed by atoms with E-state index in [9.17, 15) is 23.3 Å². The molecule has 0 radical (unpaired) electrons. The Hall–Kier alpha value is -2.82. The lowest BCUT2D eigenvalue weighted by Crippen LogP contribution is -2.40. The summed E-state index contributed by atoms with van der Waals surface area (Å²) in [7, 11) is -3.55. The van der Waals surface area contributed by atoms with Crippen molar-refractivity contribution in [1.29, 1.82) is 0 Å². The zero-order chi connectivity index (χ0) is 20.1. The topological polar surface area (TPSA) is 119 Å². The molecule has 0 aromatic heterocycles. The third kappa shape index (κ3) is 4.53. The maximum absolute atomic E-state index is 12.6. The molecule has 0 saturated carbocycles. The second-order valence-electron chi connectivity index (χ2n) is 6.15. The van der Waals surface area contributed by atoms with Gasteiger partial charge in [-0.3, -0.25) is 14.9 Å².